The topological polar surface area (TPSA) is 87.8 Å². The zero-order valence-corrected chi connectivity index (χ0v) is 15.0. The van der Waals surface area contributed by atoms with Crippen molar-refractivity contribution in [2.75, 3.05) is 19.0 Å². The van der Waals surface area contributed by atoms with Crippen LogP contribution in [-0.2, 0) is 19.5 Å². The normalized spacial score (nSPS) is 13.3. The van der Waals surface area contributed by atoms with Crippen molar-refractivity contribution in [3.63, 3.8) is 0 Å². The monoisotopic (exact) mass is 350 g/mol. The van der Waals surface area contributed by atoms with Crippen LogP contribution in [0.5, 0.6) is 5.75 Å². The number of nitrogens with one attached hydrogen (secondary N) is 3. The third kappa shape index (κ3) is 3.25. The molecule has 0 amide bonds. The number of H-pyrrole nitrogens is 1. The molecule has 134 valence electrons. The van der Waals surface area contributed by atoms with Gasteiger partial charge in [-0.2, -0.15) is 5.10 Å². The van der Waals surface area contributed by atoms with Gasteiger partial charge in [-0.1, -0.05) is 0 Å². The number of methoxy groups -OCH3 is 1. The molecule has 0 atom stereocenters. The van der Waals surface area contributed by atoms with E-state index in [1.54, 1.807) is 7.11 Å². The summed E-state index contributed by atoms with van der Waals surface area (Å²) in [5.74, 6) is 2.55. The standard InChI is InChI=1S/C19H22N6O/c1-12-23-17-11-20-8-7-16(17)19(24-12)21-9-14-10-22-25-18(14)13-3-5-15(26-2)6-4-13/h3-6,10,20H,7-9,11H2,1-2H3,(H,22,25)(H,21,23,24). The number of aromatic amines is 1. The van der Waals surface area contributed by atoms with Gasteiger partial charge in [0.05, 0.1) is 24.7 Å². The Kier molecular flexibility index (Phi) is 4.53. The van der Waals surface area contributed by atoms with Crippen molar-refractivity contribution in [2.45, 2.75) is 26.4 Å². The number of fused-ring (bicyclic) bond motifs is 1. The molecular weight excluding hydrogens is 328 g/mol. The highest BCUT2D eigenvalue weighted by Gasteiger charge is 2.17. The van der Waals surface area contributed by atoms with Gasteiger partial charge >= 0.3 is 0 Å². The quantitative estimate of drug-likeness (QED) is 0.655. The summed E-state index contributed by atoms with van der Waals surface area (Å²) in [7, 11) is 1.67. The Morgan fingerprint density at radius 3 is 2.85 bits per heavy atom. The van der Waals surface area contributed by atoms with E-state index in [4.69, 9.17) is 4.74 Å². The molecular formula is C19H22N6O. The number of hydrogen-bond donors (Lipinski definition) is 3. The highest BCUT2D eigenvalue weighted by molar-refractivity contribution is 5.64. The van der Waals surface area contributed by atoms with Crippen LogP contribution in [-0.4, -0.2) is 33.8 Å². The summed E-state index contributed by atoms with van der Waals surface area (Å²) >= 11 is 0. The zero-order valence-electron chi connectivity index (χ0n) is 15.0. The van der Waals surface area contributed by atoms with Crippen LogP contribution in [0.1, 0.15) is 22.6 Å². The molecule has 7 heteroatoms. The maximum atomic E-state index is 5.23. The highest BCUT2D eigenvalue weighted by atomic mass is 16.5. The number of aromatic nitrogens is 4. The maximum absolute atomic E-state index is 5.23. The van der Waals surface area contributed by atoms with E-state index >= 15 is 0 Å². The third-order valence-electron chi connectivity index (χ3n) is 4.59. The molecule has 3 aromatic rings. The lowest BCUT2D eigenvalue weighted by atomic mass is 10.1. The first-order valence-corrected chi connectivity index (χ1v) is 8.72. The number of nitrogens with zero attached hydrogens (tertiary/aromatic N) is 3. The highest BCUT2D eigenvalue weighted by Crippen LogP contribution is 2.25. The summed E-state index contributed by atoms with van der Waals surface area (Å²) in [5.41, 5.74) is 5.47. The minimum Gasteiger partial charge on any atom is -0.497 e. The van der Waals surface area contributed by atoms with Crippen LogP contribution < -0.4 is 15.4 Å². The Labute approximate surface area is 152 Å². The van der Waals surface area contributed by atoms with Gasteiger partial charge in [0.2, 0.25) is 0 Å². The van der Waals surface area contributed by atoms with E-state index in [2.05, 4.69) is 30.8 Å². The summed E-state index contributed by atoms with van der Waals surface area (Å²) < 4.78 is 5.23. The largest absolute Gasteiger partial charge is 0.497 e. The van der Waals surface area contributed by atoms with Crippen molar-refractivity contribution < 1.29 is 4.74 Å². The summed E-state index contributed by atoms with van der Waals surface area (Å²) in [6.45, 7) is 4.34. The van der Waals surface area contributed by atoms with Crippen LogP contribution in [0.3, 0.4) is 0 Å². The molecule has 1 aliphatic rings. The van der Waals surface area contributed by atoms with E-state index in [1.807, 2.05) is 37.4 Å². The number of anilines is 1. The van der Waals surface area contributed by atoms with E-state index < -0.39 is 0 Å². The van der Waals surface area contributed by atoms with Gasteiger partial charge in [-0.25, -0.2) is 9.97 Å². The van der Waals surface area contributed by atoms with Gasteiger partial charge in [0, 0.05) is 29.8 Å². The molecule has 0 unspecified atom stereocenters. The van der Waals surface area contributed by atoms with Gasteiger partial charge in [-0.3, -0.25) is 5.10 Å². The summed E-state index contributed by atoms with van der Waals surface area (Å²) in [4.78, 5) is 9.17. The first-order chi connectivity index (χ1) is 12.7. The van der Waals surface area contributed by atoms with Gasteiger partial charge in [-0.05, 0) is 44.2 Å². The third-order valence-corrected chi connectivity index (χ3v) is 4.59. The molecule has 7 nitrogen and oxygen atoms in total. The van der Waals surface area contributed by atoms with E-state index in [9.17, 15) is 0 Å². The molecule has 4 rings (SSSR count). The predicted molar refractivity (Wildman–Crippen MR) is 100 cm³/mol. The number of aryl methyl sites for hydroxylation is 1. The minimum absolute atomic E-state index is 0.647. The van der Waals surface area contributed by atoms with Crippen molar-refractivity contribution >= 4 is 5.82 Å². The number of benzene rings is 1. The maximum Gasteiger partial charge on any atom is 0.133 e. The second-order valence-corrected chi connectivity index (χ2v) is 6.32. The predicted octanol–water partition coefficient (Wildman–Crippen LogP) is 2.44. The van der Waals surface area contributed by atoms with Crippen molar-refractivity contribution in [3.05, 3.63) is 53.1 Å². The number of hydrogen-bond acceptors (Lipinski definition) is 6. The Hall–Kier alpha value is -2.93. The smallest absolute Gasteiger partial charge is 0.133 e. The van der Waals surface area contributed by atoms with E-state index in [0.717, 1.165) is 59.4 Å². The van der Waals surface area contributed by atoms with Crippen LogP contribution in [0.15, 0.2) is 30.5 Å². The lowest BCUT2D eigenvalue weighted by molar-refractivity contribution is 0.415. The van der Waals surface area contributed by atoms with Crippen LogP contribution in [0, 0.1) is 6.92 Å². The Balaban J connectivity index is 1.56. The molecule has 3 heterocycles. The van der Waals surface area contributed by atoms with E-state index in [-0.39, 0.29) is 0 Å². The average Bonchev–Trinajstić information content (AvgIpc) is 3.14. The minimum atomic E-state index is 0.647. The molecule has 0 fully saturated rings. The summed E-state index contributed by atoms with van der Waals surface area (Å²) in [5, 5.41) is 14.2. The molecule has 0 saturated heterocycles. The van der Waals surface area contributed by atoms with Crippen molar-refractivity contribution in [1.82, 2.24) is 25.5 Å². The molecule has 2 aromatic heterocycles. The lowest BCUT2D eigenvalue weighted by Gasteiger charge is -2.20. The number of rotatable bonds is 5. The van der Waals surface area contributed by atoms with Crippen molar-refractivity contribution in [1.29, 1.82) is 0 Å². The van der Waals surface area contributed by atoms with Crippen LogP contribution in [0.2, 0.25) is 0 Å². The molecule has 26 heavy (non-hydrogen) atoms. The molecule has 0 spiro atoms. The van der Waals surface area contributed by atoms with Gasteiger partial charge in [-0.15, -0.1) is 0 Å². The number of ether oxygens (including phenoxy) is 1. The Morgan fingerprint density at radius 2 is 2.04 bits per heavy atom. The second kappa shape index (κ2) is 7.13. The van der Waals surface area contributed by atoms with E-state index in [1.165, 1.54) is 5.56 Å². The summed E-state index contributed by atoms with van der Waals surface area (Å²) in [6.07, 6.45) is 2.79. The molecule has 1 aromatic carbocycles. The van der Waals surface area contributed by atoms with Crippen LogP contribution in [0.25, 0.3) is 11.3 Å². The fourth-order valence-electron chi connectivity index (χ4n) is 3.26. The molecule has 1 aliphatic heterocycles. The first kappa shape index (κ1) is 16.5. The Morgan fingerprint density at radius 1 is 1.19 bits per heavy atom. The summed E-state index contributed by atoms with van der Waals surface area (Å²) in [6, 6.07) is 7.95. The molecule has 0 bridgehead atoms. The van der Waals surface area contributed by atoms with Gasteiger partial charge < -0.3 is 15.4 Å². The van der Waals surface area contributed by atoms with Crippen LogP contribution in [0.4, 0.5) is 5.82 Å². The first-order valence-electron chi connectivity index (χ1n) is 8.72. The van der Waals surface area contributed by atoms with Gasteiger partial charge in [0.15, 0.2) is 0 Å². The van der Waals surface area contributed by atoms with E-state index in [0.29, 0.717) is 6.54 Å². The molecule has 0 aliphatic carbocycles. The van der Waals surface area contributed by atoms with Gasteiger partial charge in [0.25, 0.3) is 0 Å². The fourth-order valence-corrected chi connectivity index (χ4v) is 3.26. The van der Waals surface area contributed by atoms with Crippen LogP contribution >= 0.6 is 0 Å². The SMILES string of the molecule is COc1ccc(-c2[nH]ncc2CNc2nc(C)nc3c2CCNC3)cc1. The zero-order chi connectivity index (χ0) is 17.9. The average molecular weight is 350 g/mol. The van der Waals surface area contributed by atoms with Crippen molar-refractivity contribution in [2.24, 2.45) is 0 Å². The lowest BCUT2D eigenvalue weighted by Crippen LogP contribution is -2.26. The molecule has 0 radical (unpaired) electrons. The van der Waals surface area contributed by atoms with Gasteiger partial charge in [0.1, 0.15) is 17.4 Å². The fraction of sp³-hybridized carbons (Fsp3) is 0.316. The molecule has 0 saturated carbocycles. The molecule has 3 N–H and O–H groups in total. The van der Waals surface area contributed by atoms with Crippen molar-refractivity contribution in [3.8, 4) is 17.0 Å². The Bertz CT molecular complexity index is 903. The second-order valence-electron chi connectivity index (χ2n) is 6.32.